The Labute approximate surface area is 96.3 Å². The summed E-state index contributed by atoms with van der Waals surface area (Å²) in [7, 11) is -5.55. The molecule has 0 saturated carbocycles. The van der Waals surface area contributed by atoms with Gasteiger partial charge in [-0.1, -0.05) is 0 Å². The van der Waals surface area contributed by atoms with Crippen LogP contribution in [0.3, 0.4) is 0 Å². The summed E-state index contributed by atoms with van der Waals surface area (Å²) in [5.41, 5.74) is 0. The molecule has 0 aliphatic heterocycles. The van der Waals surface area contributed by atoms with Crippen molar-refractivity contribution in [1.82, 2.24) is 0 Å². The van der Waals surface area contributed by atoms with Crippen molar-refractivity contribution >= 4 is 44.0 Å². The fraction of sp³-hybridized carbons (Fsp3) is 0.400. The number of rotatable bonds is 4. The Balaban J connectivity index is 4.42. The van der Waals surface area contributed by atoms with Crippen LogP contribution in [0.1, 0.15) is 0 Å². The maximum absolute atomic E-state index is 12.4. The van der Waals surface area contributed by atoms with E-state index in [0.717, 1.165) is 0 Å². The van der Waals surface area contributed by atoms with Crippen molar-refractivity contribution < 1.29 is 31.3 Å². The van der Waals surface area contributed by atoms with Gasteiger partial charge in [0.25, 0.3) is 0 Å². The number of alkyl halides is 2. The Morgan fingerprint density at radius 1 is 1.57 bits per heavy atom. The Morgan fingerprint density at radius 2 is 2.00 bits per heavy atom. The maximum atomic E-state index is 12.4. The fourth-order valence-electron chi connectivity index (χ4n) is 0.347. The van der Waals surface area contributed by atoms with Crippen molar-refractivity contribution in [3.8, 4) is 0 Å². The SMILES string of the molecule is C=[C]([Na])C(=O)OCC(F)(F)S(=O)(=O)O. The normalized spacial score (nSPS) is 12.4. The summed E-state index contributed by atoms with van der Waals surface area (Å²) < 4.78 is 56.8. The molecule has 76 valence electrons. The molecule has 14 heavy (non-hydrogen) atoms. The summed E-state index contributed by atoms with van der Waals surface area (Å²) in [5.74, 6) is -1.10. The fourth-order valence-corrected chi connectivity index (χ4v) is 0.699. The molecule has 0 atom stereocenters. The number of carbonyl (C=O) groups is 1. The Kier molecular flexibility index (Phi) is 4.66. The summed E-state index contributed by atoms with van der Waals surface area (Å²) in [6.45, 7) is 1.43. The van der Waals surface area contributed by atoms with Gasteiger partial charge in [-0.3, -0.25) is 0 Å². The van der Waals surface area contributed by atoms with Gasteiger partial charge in [-0.2, -0.15) is 0 Å². The van der Waals surface area contributed by atoms with E-state index in [2.05, 4.69) is 11.3 Å². The molecule has 0 aromatic carbocycles. The van der Waals surface area contributed by atoms with E-state index in [1.165, 1.54) is 0 Å². The van der Waals surface area contributed by atoms with E-state index in [9.17, 15) is 22.0 Å². The van der Waals surface area contributed by atoms with E-state index in [1.807, 2.05) is 0 Å². The zero-order valence-electron chi connectivity index (χ0n) is 7.16. The molecule has 0 rings (SSSR count). The topological polar surface area (TPSA) is 80.7 Å². The van der Waals surface area contributed by atoms with E-state index in [1.54, 1.807) is 0 Å². The van der Waals surface area contributed by atoms with Gasteiger partial charge in [-0.15, -0.1) is 0 Å². The number of hydrogen-bond acceptors (Lipinski definition) is 4. The molecular weight excluding hydrogens is 233 g/mol. The minimum absolute atomic E-state index is 0.0175. The molecule has 0 saturated heterocycles. The summed E-state index contributed by atoms with van der Waals surface area (Å²) in [5, 5.41) is -4.49. The second-order valence-electron chi connectivity index (χ2n) is 2.47. The van der Waals surface area contributed by atoms with Crippen LogP contribution < -0.4 is 0 Å². The first-order valence-electron chi connectivity index (χ1n) is 3.25. The van der Waals surface area contributed by atoms with E-state index >= 15 is 0 Å². The summed E-state index contributed by atoms with van der Waals surface area (Å²) in [6, 6.07) is 0. The van der Waals surface area contributed by atoms with Crippen molar-refractivity contribution in [2.75, 3.05) is 6.61 Å². The van der Waals surface area contributed by atoms with Gasteiger partial charge in [0.15, 0.2) is 0 Å². The van der Waals surface area contributed by atoms with Crippen LogP contribution in [0.5, 0.6) is 0 Å². The van der Waals surface area contributed by atoms with E-state index < -0.39 is 27.9 Å². The van der Waals surface area contributed by atoms with Gasteiger partial charge in [0.1, 0.15) is 0 Å². The van der Waals surface area contributed by atoms with Crippen LogP contribution in [0.2, 0.25) is 0 Å². The van der Waals surface area contributed by atoms with Gasteiger partial charge < -0.3 is 0 Å². The first-order chi connectivity index (χ1) is 6.08. The molecule has 0 spiro atoms. The molecule has 9 heteroatoms. The number of halogens is 2. The first kappa shape index (κ1) is 14.0. The zero-order chi connectivity index (χ0) is 11.6. The zero-order valence-corrected chi connectivity index (χ0v) is 9.98. The van der Waals surface area contributed by atoms with Gasteiger partial charge in [-0.25, -0.2) is 0 Å². The van der Waals surface area contributed by atoms with Crippen LogP contribution >= 0.6 is 0 Å². The molecule has 0 aliphatic carbocycles. The van der Waals surface area contributed by atoms with Crippen molar-refractivity contribution in [2.24, 2.45) is 0 Å². The van der Waals surface area contributed by atoms with Gasteiger partial charge in [-0.05, 0) is 0 Å². The van der Waals surface area contributed by atoms with Crippen LogP contribution in [-0.4, -0.2) is 58.7 Å². The second-order valence-corrected chi connectivity index (χ2v) is 5.22. The number of carbonyl (C=O) groups excluding carboxylic acids is 1. The van der Waals surface area contributed by atoms with E-state index in [0.29, 0.717) is 0 Å². The predicted molar refractivity (Wildman–Crippen MR) is 42.3 cm³/mol. The van der Waals surface area contributed by atoms with Gasteiger partial charge >= 0.3 is 96.6 Å². The Morgan fingerprint density at radius 3 is 2.29 bits per heavy atom. The average molecular weight is 238 g/mol. The molecule has 0 heterocycles. The van der Waals surface area contributed by atoms with Gasteiger partial charge in [0, 0.05) is 0 Å². The molecule has 0 radical (unpaired) electrons. The summed E-state index contributed by atoms with van der Waals surface area (Å²) in [6.07, 6.45) is 0. The third-order valence-corrected chi connectivity index (χ3v) is 2.38. The molecule has 0 amide bonds. The second kappa shape index (κ2) is 4.67. The van der Waals surface area contributed by atoms with Crippen LogP contribution in [0.25, 0.3) is 0 Å². The third kappa shape index (κ3) is 4.01. The van der Waals surface area contributed by atoms with Crippen LogP contribution in [0.15, 0.2) is 9.40 Å². The molecule has 0 bridgehead atoms. The summed E-state index contributed by atoms with van der Waals surface area (Å²) >= 11 is 0.217. The number of esters is 1. The monoisotopic (exact) mass is 238 g/mol. The standard InChI is InChI=1S/C5H5F2O5S.Na/c1-2-4(8)12-3-5(6,7)13(9,10)11;/h1,3H2,(H,9,10,11);. The quantitative estimate of drug-likeness (QED) is 0.314. The first-order valence-corrected chi connectivity index (χ1v) is 5.69. The van der Waals surface area contributed by atoms with Crippen LogP contribution in [-0.2, 0) is 19.6 Å². The van der Waals surface area contributed by atoms with Crippen LogP contribution in [0, 0.1) is 0 Å². The number of ether oxygens (including phenoxy) is 1. The molecule has 0 aromatic rings. The van der Waals surface area contributed by atoms with Gasteiger partial charge in [0.2, 0.25) is 0 Å². The van der Waals surface area contributed by atoms with Crippen molar-refractivity contribution in [3.05, 3.63) is 9.40 Å². The molecule has 0 fully saturated rings. The van der Waals surface area contributed by atoms with Crippen molar-refractivity contribution in [1.29, 1.82) is 0 Å². The predicted octanol–water partition coefficient (Wildman–Crippen LogP) is -0.308. The molecule has 0 aromatic heterocycles. The number of hydrogen-bond donors (Lipinski definition) is 1. The van der Waals surface area contributed by atoms with Crippen molar-refractivity contribution in [2.45, 2.75) is 5.25 Å². The van der Waals surface area contributed by atoms with Crippen molar-refractivity contribution in [3.63, 3.8) is 0 Å². The van der Waals surface area contributed by atoms with E-state index in [4.69, 9.17) is 4.55 Å². The molecule has 1 N–H and O–H groups in total. The Hall–Kier alpha value is -0.0200. The summed E-state index contributed by atoms with van der Waals surface area (Å²) in [4.78, 5) is 10.6. The minimum atomic E-state index is -5.55. The molecule has 0 unspecified atom stereocenters. The average Bonchev–Trinajstić information content (AvgIpc) is 1.97. The molecular formula is C5H5F2NaO5S. The van der Waals surface area contributed by atoms with E-state index in [-0.39, 0.29) is 30.8 Å². The molecule has 5 nitrogen and oxygen atoms in total. The van der Waals surface area contributed by atoms with Crippen LogP contribution in [0.4, 0.5) is 8.78 Å². The molecule has 0 aliphatic rings. The Bertz CT molecular complexity index is 349. The third-order valence-electron chi connectivity index (χ3n) is 1.10. The van der Waals surface area contributed by atoms with Gasteiger partial charge in [0.05, 0.1) is 0 Å².